The number of carbonyl (C=O) groups excluding carboxylic acids is 1. The third kappa shape index (κ3) is 6.15. The molecule has 5 atom stereocenters. The van der Waals surface area contributed by atoms with E-state index in [0.29, 0.717) is 53.2 Å². The first-order valence-corrected chi connectivity index (χ1v) is 14.0. The second kappa shape index (κ2) is 10.6. The highest BCUT2D eigenvalue weighted by Gasteiger charge is 2.55. The molecule has 4 aliphatic carbocycles. The third-order valence-electron chi connectivity index (χ3n) is 8.38. The summed E-state index contributed by atoms with van der Waals surface area (Å²) in [5, 5.41) is 20.2. The monoisotopic (exact) mass is 536 g/mol. The number of alkyl carbamates (subject to hydrolysis) is 1. The van der Waals surface area contributed by atoms with Gasteiger partial charge in [0.15, 0.2) is 0 Å². The van der Waals surface area contributed by atoms with Crippen LogP contribution in [0.5, 0.6) is 0 Å². The fourth-order valence-electron chi connectivity index (χ4n) is 7.10. The Bertz CT molecular complexity index is 1190. The van der Waals surface area contributed by atoms with E-state index in [4.69, 9.17) is 16.3 Å². The smallest absolute Gasteiger partial charge is 0.407 e. The minimum absolute atomic E-state index is 0.202. The molecule has 4 bridgehead atoms. The molecule has 0 aliphatic heterocycles. The predicted molar refractivity (Wildman–Crippen MR) is 148 cm³/mol. The molecule has 1 aromatic heterocycles. The van der Waals surface area contributed by atoms with Gasteiger partial charge in [0.1, 0.15) is 23.1 Å². The number of anilines is 2. The zero-order chi connectivity index (χ0) is 26.9. The van der Waals surface area contributed by atoms with Crippen LogP contribution < -0.4 is 16.0 Å². The average molecular weight is 537 g/mol. The number of hydrogen-bond donors (Lipinski definition) is 3. The van der Waals surface area contributed by atoms with Gasteiger partial charge in [-0.25, -0.2) is 9.78 Å². The molecule has 4 aliphatic rings. The lowest BCUT2D eigenvalue weighted by atomic mass is 9.46. The van der Waals surface area contributed by atoms with Crippen LogP contribution in [0.2, 0.25) is 5.02 Å². The van der Waals surface area contributed by atoms with Crippen LogP contribution in [0, 0.1) is 40.4 Å². The van der Waals surface area contributed by atoms with Crippen molar-refractivity contribution in [1.82, 2.24) is 15.3 Å². The number of halogens is 1. The summed E-state index contributed by atoms with van der Waals surface area (Å²) in [6.07, 6.45) is 7.25. The van der Waals surface area contributed by atoms with Crippen molar-refractivity contribution in [3.05, 3.63) is 46.6 Å². The van der Waals surface area contributed by atoms with E-state index in [2.05, 4.69) is 32.0 Å². The number of nitrogens with zero attached hydrogens (tertiary/aromatic N) is 3. The van der Waals surface area contributed by atoms with E-state index in [1.807, 2.05) is 45.0 Å². The lowest BCUT2D eigenvalue weighted by molar-refractivity contribution is -0.0874. The second-order valence-electron chi connectivity index (χ2n) is 12.4. The summed E-state index contributed by atoms with van der Waals surface area (Å²) in [5.41, 5.74) is 1.23. The molecule has 1 amide bonds. The summed E-state index contributed by atoms with van der Waals surface area (Å²) in [6.45, 7) is 7.72. The van der Waals surface area contributed by atoms with Gasteiger partial charge in [-0.05, 0) is 99.7 Å². The van der Waals surface area contributed by atoms with E-state index >= 15 is 0 Å². The molecule has 6 rings (SSSR count). The molecule has 9 heteroatoms. The van der Waals surface area contributed by atoms with Crippen LogP contribution in [0.25, 0.3) is 0 Å². The minimum Gasteiger partial charge on any atom is -0.444 e. The van der Waals surface area contributed by atoms with Crippen LogP contribution in [0.3, 0.4) is 0 Å². The molecule has 1 heterocycles. The first-order chi connectivity index (χ1) is 18.1. The van der Waals surface area contributed by atoms with E-state index in [-0.39, 0.29) is 11.5 Å². The highest BCUT2D eigenvalue weighted by atomic mass is 35.5. The standard InChI is InChI=1S/C29H37ClN6O2/c1-28(2,3)38-27(37)34-16-24-20-8-19-9-21(24)12-29(10-19,11-20)17-35-25-22(13-31)15-33-26(36-25)32-14-18-4-6-23(30)7-5-18/h4-7,15,19-21,24H,8-12,14,16-17H2,1-3H3,(H,34,37)(H2,32,33,35,36)/t19?,20-,21+,24?,29?. The number of nitriles is 1. The van der Waals surface area contributed by atoms with Gasteiger partial charge in [-0.3, -0.25) is 0 Å². The molecule has 4 saturated carbocycles. The zero-order valence-corrected chi connectivity index (χ0v) is 23.1. The predicted octanol–water partition coefficient (Wildman–Crippen LogP) is 5.99. The summed E-state index contributed by atoms with van der Waals surface area (Å²) in [6, 6.07) is 9.86. The Labute approximate surface area is 229 Å². The molecule has 4 fully saturated rings. The molecule has 0 radical (unpaired) electrons. The third-order valence-corrected chi connectivity index (χ3v) is 8.63. The maximum absolute atomic E-state index is 12.3. The largest absolute Gasteiger partial charge is 0.444 e. The molecule has 0 spiro atoms. The highest BCUT2D eigenvalue weighted by Crippen LogP contribution is 2.62. The molecule has 0 saturated heterocycles. The molecule has 2 aromatic rings. The molecule has 3 unspecified atom stereocenters. The summed E-state index contributed by atoms with van der Waals surface area (Å²) >= 11 is 5.98. The van der Waals surface area contributed by atoms with Crippen LogP contribution >= 0.6 is 11.6 Å². The molecule has 3 N–H and O–H groups in total. The first kappa shape index (κ1) is 26.6. The minimum atomic E-state index is -0.488. The first-order valence-electron chi connectivity index (χ1n) is 13.6. The number of ether oxygens (including phenoxy) is 1. The van der Waals surface area contributed by atoms with Crippen molar-refractivity contribution >= 4 is 29.5 Å². The molecular formula is C29H37ClN6O2. The van der Waals surface area contributed by atoms with Gasteiger partial charge in [-0.1, -0.05) is 23.7 Å². The second-order valence-corrected chi connectivity index (χ2v) is 12.9. The topological polar surface area (TPSA) is 112 Å². The Morgan fingerprint density at radius 1 is 1.16 bits per heavy atom. The van der Waals surface area contributed by atoms with Crippen molar-refractivity contribution in [2.45, 2.75) is 65.0 Å². The van der Waals surface area contributed by atoms with Gasteiger partial charge in [-0.15, -0.1) is 0 Å². The summed E-state index contributed by atoms with van der Waals surface area (Å²) < 4.78 is 5.46. The normalized spacial score (nSPS) is 27.4. The van der Waals surface area contributed by atoms with Crippen LogP contribution in [-0.4, -0.2) is 34.8 Å². The molecule has 1 aromatic carbocycles. The van der Waals surface area contributed by atoms with Crippen molar-refractivity contribution in [2.75, 3.05) is 23.7 Å². The molecule has 38 heavy (non-hydrogen) atoms. The average Bonchev–Trinajstić information content (AvgIpc) is 2.85. The van der Waals surface area contributed by atoms with Crippen LogP contribution in [0.1, 0.15) is 64.0 Å². The number of amides is 1. The Balaban J connectivity index is 1.20. The lowest BCUT2D eigenvalue weighted by Gasteiger charge is -2.60. The van der Waals surface area contributed by atoms with Gasteiger partial charge in [0.2, 0.25) is 5.95 Å². The van der Waals surface area contributed by atoms with Crippen molar-refractivity contribution < 1.29 is 9.53 Å². The molecular weight excluding hydrogens is 500 g/mol. The Kier molecular flexibility index (Phi) is 7.41. The molecule has 202 valence electrons. The maximum atomic E-state index is 12.3. The van der Waals surface area contributed by atoms with Crippen LogP contribution in [0.4, 0.5) is 16.6 Å². The Morgan fingerprint density at radius 2 is 1.87 bits per heavy atom. The van der Waals surface area contributed by atoms with Crippen molar-refractivity contribution in [1.29, 1.82) is 5.26 Å². The fourth-order valence-corrected chi connectivity index (χ4v) is 7.23. The number of aromatic nitrogens is 2. The Hall–Kier alpha value is -3.05. The fraction of sp³-hybridized carbons (Fsp3) is 0.586. The number of hydrogen-bond acceptors (Lipinski definition) is 7. The number of benzene rings is 1. The van der Waals surface area contributed by atoms with Gasteiger partial charge in [0, 0.05) is 24.7 Å². The SMILES string of the molecule is CC(C)(C)OC(=O)NCC1[C@@H]2CC3C[C@H]1CC(CNc1nc(NCc4ccc(Cl)cc4)ncc1C#N)(C3)C2. The van der Waals surface area contributed by atoms with Gasteiger partial charge < -0.3 is 20.7 Å². The van der Waals surface area contributed by atoms with E-state index in [9.17, 15) is 10.1 Å². The van der Waals surface area contributed by atoms with Gasteiger partial charge in [0.05, 0.1) is 6.20 Å². The maximum Gasteiger partial charge on any atom is 0.407 e. The quantitative estimate of drug-likeness (QED) is 0.379. The van der Waals surface area contributed by atoms with E-state index < -0.39 is 5.60 Å². The lowest BCUT2D eigenvalue weighted by Crippen LogP contribution is -2.55. The van der Waals surface area contributed by atoms with E-state index in [0.717, 1.165) is 30.9 Å². The van der Waals surface area contributed by atoms with Crippen molar-refractivity contribution in [3.63, 3.8) is 0 Å². The van der Waals surface area contributed by atoms with Gasteiger partial charge in [0.25, 0.3) is 0 Å². The number of nitrogens with one attached hydrogen (secondary N) is 3. The molecule has 8 nitrogen and oxygen atoms in total. The number of carbonyl (C=O) groups is 1. The summed E-state index contributed by atoms with van der Waals surface area (Å²) in [5.74, 6) is 3.53. The highest BCUT2D eigenvalue weighted by molar-refractivity contribution is 6.30. The number of rotatable bonds is 8. The van der Waals surface area contributed by atoms with Gasteiger partial charge >= 0.3 is 6.09 Å². The van der Waals surface area contributed by atoms with E-state index in [1.165, 1.54) is 19.3 Å². The van der Waals surface area contributed by atoms with Crippen LogP contribution in [-0.2, 0) is 11.3 Å². The van der Waals surface area contributed by atoms with Gasteiger partial charge in [-0.2, -0.15) is 10.2 Å². The van der Waals surface area contributed by atoms with Crippen LogP contribution in [0.15, 0.2) is 30.5 Å². The Morgan fingerprint density at radius 3 is 2.53 bits per heavy atom. The summed E-state index contributed by atoms with van der Waals surface area (Å²) in [7, 11) is 0. The zero-order valence-electron chi connectivity index (χ0n) is 22.4. The van der Waals surface area contributed by atoms with Crippen molar-refractivity contribution in [2.24, 2.45) is 29.1 Å². The van der Waals surface area contributed by atoms with E-state index in [1.54, 1.807) is 6.20 Å². The van der Waals surface area contributed by atoms with Crippen molar-refractivity contribution in [3.8, 4) is 6.07 Å². The summed E-state index contributed by atoms with van der Waals surface area (Å²) in [4.78, 5) is 21.2.